The lowest BCUT2D eigenvalue weighted by Crippen LogP contribution is -1.98. The lowest BCUT2D eigenvalue weighted by atomic mass is 10.1. The van der Waals surface area contributed by atoms with Crippen molar-refractivity contribution in [2.75, 3.05) is 0 Å². The summed E-state index contributed by atoms with van der Waals surface area (Å²) >= 11 is 0. The third-order valence-electron chi connectivity index (χ3n) is 3.23. The highest BCUT2D eigenvalue weighted by atomic mass is 16.6. The van der Waals surface area contributed by atoms with E-state index in [4.69, 9.17) is 9.15 Å². The molecule has 1 heterocycles. The Balaban J connectivity index is 1.95. The molecule has 0 N–H and O–H groups in total. The van der Waals surface area contributed by atoms with Crippen molar-refractivity contribution < 1.29 is 18.9 Å². The average molecular weight is 325 g/mol. The number of aromatic nitrogens is 2. The van der Waals surface area contributed by atoms with Gasteiger partial charge in [0.25, 0.3) is 0 Å². The van der Waals surface area contributed by atoms with E-state index < -0.39 is 4.92 Å². The molecule has 24 heavy (non-hydrogen) atoms. The number of nitro groups is 1. The number of hydrogen-bond acceptors (Lipinski definition) is 7. The van der Waals surface area contributed by atoms with Gasteiger partial charge in [-0.3, -0.25) is 14.9 Å². The molecule has 0 bridgehead atoms. The van der Waals surface area contributed by atoms with Crippen molar-refractivity contribution in [1.29, 1.82) is 0 Å². The lowest BCUT2D eigenvalue weighted by molar-refractivity contribution is -0.385. The summed E-state index contributed by atoms with van der Waals surface area (Å²) in [4.78, 5) is 22.0. The van der Waals surface area contributed by atoms with Gasteiger partial charge in [0.1, 0.15) is 5.75 Å². The normalized spacial score (nSPS) is 10.4. The highest BCUT2D eigenvalue weighted by molar-refractivity contribution is 5.95. The van der Waals surface area contributed by atoms with Gasteiger partial charge in [-0.2, -0.15) is 0 Å². The van der Waals surface area contributed by atoms with Gasteiger partial charge in [-0.1, -0.05) is 6.07 Å². The van der Waals surface area contributed by atoms with E-state index in [2.05, 4.69) is 10.2 Å². The fourth-order valence-electron chi connectivity index (χ4n) is 2.08. The molecule has 0 saturated heterocycles. The molecule has 0 saturated carbocycles. The van der Waals surface area contributed by atoms with E-state index in [0.29, 0.717) is 17.2 Å². The summed E-state index contributed by atoms with van der Waals surface area (Å²) in [5, 5.41) is 18.6. The van der Waals surface area contributed by atoms with Crippen LogP contribution in [0, 0.1) is 10.1 Å². The second kappa shape index (κ2) is 6.29. The number of benzene rings is 2. The number of carbonyl (C=O) groups is 1. The first-order valence-electron chi connectivity index (χ1n) is 6.88. The van der Waals surface area contributed by atoms with E-state index in [1.807, 2.05) is 0 Å². The van der Waals surface area contributed by atoms with Crippen LogP contribution >= 0.6 is 0 Å². The number of carbonyl (C=O) groups excluding carboxylic acids is 1. The minimum atomic E-state index is -0.594. The van der Waals surface area contributed by atoms with Crippen LogP contribution in [0.1, 0.15) is 17.3 Å². The van der Waals surface area contributed by atoms with Crippen LogP contribution in [0.5, 0.6) is 11.5 Å². The van der Waals surface area contributed by atoms with E-state index in [1.54, 1.807) is 24.3 Å². The predicted molar refractivity (Wildman–Crippen MR) is 82.9 cm³/mol. The summed E-state index contributed by atoms with van der Waals surface area (Å²) in [6.07, 6.45) is 1.20. The average Bonchev–Trinajstić information content (AvgIpc) is 3.09. The van der Waals surface area contributed by atoms with Crippen LogP contribution in [0.2, 0.25) is 0 Å². The molecule has 0 aliphatic heterocycles. The SMILES string of the molecule is CC(=O)c1ccc(Oc2cccc(-c3nnco3)c2)c([N+](=O)[O-])c1. The number of ether oxygens (including phenoxy) is 1. The maximum atomic E-state index is 11.4. The second-order valence-electron chi connectivity index (χ2n) is 4.87. The van der Waals surface area contributed by atoms with Gasteiger partial charge in [0.15, 0.2) is 5.78 Å². The molecule has 0 fully saturated rings. The minimum Gasteiger partial charge on any atom is -0.450 e. The fraction of sp³-hybridized carbons (Fsp3) is 0.0625. The van der Waals surface area contributed by atoms with Crippen molar-refractivity contribution in [2.24, 2.45) is 0 Å². The zero-order valence-electron chi connectivity index (χ0n) is 12.5. The maximum absolute atomic E-state index is 11.4. The molecule has 0 spiro atoms. The second-order valence-corrected chi connectivity index (χ2v) is 4.87. The number of Topliss-reactive ketones (excluding diaryl/α,β-unsaturated/α-hetero) is 1. The molecular formula is C16H11N3O5. The predicted octanol–water partition coefficient (Wildman–Crippen LogP) is 3.64. The Hall–Kier alpha value is -3.55. The third kappa shape index (κ3) is 3.12. The van der Waals surface area contributed by atoms with Crippen LogP contribution < -0.4 is 4.74 Å². The van der Waals surface area contributed by atoms with Crippen molar-refractivity contribution in [3.05, 3.63) is 64.5 Å². The smallest absolute Gasteiger partial charge is 0.312 e. The summed E-state index contributed by atoms with van der Waals surface area (Å²) in [5.74, 6) is 0.446. The quantitative estimate of drug-likeness (QED) is 0.400. The highest BCUT2D eigenvalue weighted by Gasteiger charge is 2.18. The molecular weight excluding hydrogens is 314 g/mol. The number of ketones is 1. The standard InChI is InChI=1S/C16H11N3O5/c1-10(20)11-5-6-15(14(8-11)19(21)22)24-13-4-2-3-12(7-13)16-18-17-9-23-16/h2-9H,1H3. The number of nitrogens with zero attached hydrogens (tertiary/aromatic N) is 3. The van der Waals surface area contributed by atoms with Crippen molar-refractivity contribution in [3.8, 4) is 23.0 Å². The molecule has 120 valence electrons. The fourth-order valence-corrected chi connectivity index (χ4v) is 2.08. The summed E-state index contributed by atoms with van der Waals surface area (Å²) in [6.45, 7) is 1.34. The Morgan fingerprint density at radius 3 is 2.75 bits per heavy atom. The van der Waals surface area contributed by atoms with Crippen LogP contribution in [0.3, 0.4) is 0 Å². The number of hydrogen-bond donors (Lipinski definition) is 0. The molecule has 0 aliphatic rings. The highest BCUT2D eigenvalue weighted by Crippen LogP contribution is 2.33. The molecule has 0 amide bonds. The molecule has 8 heteroatoms. The van der Waals surface area contributed by atoms with Gasteiger partial charge in [-0.15, -0.1) is 10.2 Å². The van der Waals surface area contributed by atoms with Gasteiger partial charge in [0.2, 0.25) is 18.0 Å². The molecule has 3 rings (SSSR count). The van der Waals surface area contributed by atoms with E-state index in [1.165, 1.54) is 31.5 Å². The van der Waals surface area contributed by atoms with Crippen molar-refractivity contribution in [3.63, 3.8) is 0 Å². The molecule has 3 aromatic rings. The van der Waals surface area contributed by atoms with Crippen LogP contribution in [0.15, 0.2) is 53.3 Å². The van der Waals surface area contributed by atoms with Crippen LogP contribution in [0.4, 0.5) is 5.69 Å². The van der Waals surface area contributed by atoms with Crippen LogP contribution in [0.25, 0.3) is 11.5 Å². The maximum Gasteiger partial charge on any atom is 0.312 e. The molecule has 0 atom stereocenters. The summed E-state index contributed by atoms with van der Waals surface area (Å²) in [6, 6.07) is 10.8. The Morgan fingerprint density at radius 2 is 2.08 bits per heavy atom. The monoisotopic (exact) mass is 325 g/mol. The Labute approximate surface area is 135 Å². The molecule has 2 aromatic carbocycles. The molecule has 0 aliphatic carbocycles. The van der Waals surface area contributed by atoms with Gasteiger partial charge < -0.3 is 9.15 Å². The van der Waals surface area contributed by atoms with Gasteiger partial charge in [0.05, 0.1) is 4.92 Å². The summed E-state index contributed by atoms with van der Waals surface area (Å²) in [7, 11) is 0. The minimum absolute atomic E-state index is 0.0349. The van der Waals surface area contributed by atoms with E-state index >= 15 is 0 Å². The number of nitro benzene ring substituents is 1. The molecule has 1 aromatic heterocycles. The summed E-state index contributed by atoms with van der Waals surface area (Å²) < 4.78 is 10.7. The molecule has 0 unspecified atom stereocenters. The van der Waals surface area contributed by atoms with Gasteiger partial charge in [-0.25, -0.2) is 0 Å². The topological polar surface area (TPSA) is 108 Å². The molecule has 8 nitrogen and oxygen atoms in total. The Morgan fingerprint density at radius 1 is 1.25 bits per heavy atom. The van der Waals surface area contributed by atoms with Crippen molar-refractivity contribution in [2.45, 2.75) is 6.92 Å². The molecule has 0 radical (unpaired) electrons. The first kappa shape index (κ1) is 15.3. The summed E-state index contributed by atoms with van der Waals surface area (Å²) in [5.41, 5.74) is 0.576. The first-order valence-corrected chi connectivity index (χ1v) is 6.88. The van der Waals surface area contributed by atoms with E-state index in [0.717, 1.165) is 0 Å². The van der Waals surface area contributed by atoms with Crippen molar-refractivity contribution in [1.82, 2.24) is 10.2 Å². The van der Waals surface area contributed by atoms with Gasteiger partial charge in [-0.05, 0) is 37.3 Å². The van der Waals surface area contributed by atoms with Crippen molar-refractivity contribution >= 4 is 11.5 Å². The van der Waals surface area contributed by atoms with Gasteiger partial charge in [0, 0.05) is 17.2 Å². The van der Waals surface area contributed by atoms with Gasteiger partial charge >= 0.3 is 5.69 Å². The largest absolute Gasteiger partial charge is 0.450 e. The zero-order chi connectivity index (χ0) is 17.1. The van der Waals surface area contributed by atoms with Crippen LogP contribution in [-0.4, -0.2) is 20.9 Å². The Bertz CT molecular complexity index is 906. The van der Waals surface area contributed by atoms with Crippen LogP contribution in [-0.2, 0) is 0 Å². The lowest BCUT2D eigenvalue weighted by Gasteiger charge is -2.08. The Kier molecular flexibility index (Phi) is 4.02. The van der Waals surface area contributed by atoms with E-state index in [9.17, 15) is 14.9 Å². The first-order chi connectivity index (χ1) is 11.5. The third-order valence-corrected chi connectivity index (χ3v) is 3.23. The van der Waals surface area contributed by atoms with E-state index in [-0.39, 0.29) is 22.8 Å². The number of rotatable bonds is 5. The zero-order valence-corrected chi connectivity index (χ0v) is 12.5.